The lowest BCUT2D eigenvalue weighted by Gasteiger charge is -2.05. The summed E-state index contributed by atoms with van der Waals surface area (Å²) in [6.45, 7) is 0. The summed E-state index contributed by atoms with van der Waals surface area (Å²) in [5, 5.41) is 8.63. The lowest BCUT2D eigenvalue weighted by Crippen LogP contribution is -1.94. The van der Waals surface area contributed by atoms with E-state index in [4.69, 9.17) is 5.26 Å². The van der Waals surface area contributed by atoms with Gasteiger partial charge in [-0.1, -0.05) is 42.5 Å². The van der Waals surface area contributed by atoms with Crippen molar-refractivity contribution in [3.63, 3.8) is 0 Å². The highest BCUT2D eigenvalue weighted by molar-refractivity contribution is 5.31. The number of hydrogen-bond donors (Lipinski definition) is 0. The van der Waals surface area contributed by atoms with E-state index < -0.39 is 0 Å². The molecule has 0 saturated heterocycles. The average Bonchev–Trinajstić information content (AvgIpc) is 2.35. The normalized spacial score (nSPS) is 9.88. The minimum absolute atomic E-state index is 0.212. The highest BCUT2D eigenvalue weighted by Crippen LogP contribution is 2.15. The fraction of sp³-hybridized carbons (Fsp3) is 0.133. The predicted molar refractivity (Wildman–Crippen MR) is 65.0 cm³/mol. The van der Waals surface area contributed by atoms with Gasteiger partial charge in [-0.3, -0.25) is 0 Å². The third-order valence-electron chi connectivity index (χ3n) is 2.63. The summed E-state index contributed by atoms with van der Waals surface area (Å²) >= 11 is 0. The van der Waals surface area contributed by atoms with Crippen LogP contribution >= 0.6 is 0 Å². The van der Waals surface area contributed by atoms with E-state index in [1.165, 1.54) is 6.07 Å². The van der Waals surface area contributed by atoms with Gasteiger partial charge in [0.2, 0.25) is 0 Å². The molecular formula is C15H12FN. The van der Waals surface area contributed by atoms with Crippen molar-refractivity contribution in [3.05, 3.63) is 71.0 Å². The fourth-order valence-electron chi connectivity index (χ4n) is 1.78. The zero-order valence-electron chi connectivity index (χ0n) is 9.36. The molecule has 17 heavy (non-hydrogen) atoms. The Morgan fingerprint density at radius 1 is 1.00 bits per heavy atom. The topological polar surface area (TPSA) is 23.8 Å². The van der Waals surface area contributed by atoms with E-state index in [0.717, 1.165) is 11.1 Å². The third-order valence-corrected chi connectivity index (χ3v) is 2.63. The number of nitrogens with zero attached hydrogens (tertiary/aromatic N) is 1. The van der Waals surface area contributed by atoms with E-state index in [1.54, 1.807) is 12.1 Å². The van der Waals surface area contributed by atoms with Gasteiger partial charge in [-0.25, -0.2) is 4.39 Å². The molecule has 0 saturated carbocycles. The smallest absolute Gasteiger partial charge is 0.126 e. The van der Waals surface area contributed by atoms with Crippen LogP contribution < -0.4 is 0 Å². The molecule has 0 unspecified atom stereocenters. The van der Waals surface area contributed by atoms with Crippen LogP contribution in [-0.2, 0) is 12.8 Å². The van der Waals surface area contributed by atoms with Gasteiger partial charge in [-0.05, 0) is 22.8 Å². The number of nitriles is 1. The lowest BCUT2D eigenvalue weighted by atomic mass is 10.0. The summed E-state index contributed by atoms with van der Waals surface area (Å²) in [5.41, 5.74) is 2.57. The molecule has 0 bridgehead atoms. The molecule has 0 amide bonds. The first-order valence-electron chi connectivity index (χ1n) is 5.48. The standard InChI is InChI=1S/C15H12FN/c16-15-7-6-13(8-9-17)11-14(15)10-12-4-2-1-3-5-12/h1-7,11H,8,10H2. The summed E-state index contributed by atoms with van der Waals surface area (Å²) in [5.74, 6) is -0.212. The van der Waals surface area contributed by atoms with Crippen LogP contribution in [0.2, 0.25) is 0 Å². The van der Waals surface area contributed by atoms with Crippen LogP contribution in [0, 0.1) is 17.1 Å². The SMILES string of the molecule is N#CCc1ccc(F)c(Cc2ccccc2)c1. The summed E-state index contributed by atoms with van der Waals surface area (Å²) in [4.78, 5) is 0. The van der Waals surface area contributed by atoms with E-state index in [0.29, 0.717) is 18.4 Å². The lowest BCUT2D eigenvalue weighted by molar-refractivity contribution is 0.613. The van der Waals surface area contributed by atoms with Crippen molar-refractivity contribution in [2.24, 2.45) is 0 Å². The van der Waals surface area contributed by atoms with Gasteiger partial charge in [0.05, 0.1) is 12.5 Å². The van der Waals surface area contributed by atoms with E-state index in [-0.39, 0.29) is 5.82 Å². The van der Waals surface area contributed by atoms with Gasteiger partial charge in [0.25, 0.3) is 0 Å². The van der Waals surface area contributed by atoms with Gasteiger partial charge in [0.15, 0.2) is 0 Å². The molecule has 0 N–H and O–H groups in total. The molecule has 2 aromatic rings. The summed E-state index contributed by atoms with van der Waals surface area (Å²) in [7, 11) is 0. The Hall–Kier alpha value is -2.14. The Labute approximate surface area is 100 Å². The quantitative estimate of drug-likeness (QED) is 0.784. The van der Waals surface area contributed by atoms with Crippen LogP contribution in [0.25, 0.3) is 0 Å². The third kappa shape index (κ3) is 2.92. The van der Waals surface area contributed by atoms with E-state index in [9.17, 15) is 4.39 Å². The predicted octanol–water partition coefficient (Wildman–Crippen LogP) is 3.48. The molecule has 1 nitrogen and oxygen atoms in total. The Kier molecular flexibility index (Phi) is 3.52. The molecule has 0 aliphatic rings. The largest absolute Gasteiger partial charge is 0.207 e. The minimum atomic E-state index is -0.212. The van der Waals surface area contributed by atoms with Crippen molar-refractivity contribution < 1.29 is 4.39 Å². The molecule has 0 fully saturated rings. The molecule has 0 radical (unpaired) electrons. The highest BCUT2D eigenvalue weighted by Gasteiger charge is 2.04. The van der Waals surface area contributed by atoms with Gasteiger partial charge in [-0.15, -0.1) is 0 Å². The summed E-state index contributed by atoms with van der Waals surface area (Å²) in [6.07, 6.45) is 0.883. The fourth-order valence-corrected chi connectivity index (χ4v) is 1.78. The number of hydrogen-bond acceptors (Lipinski definition) is 1. The molecule has 0 aromatic heterocycles. The van der Waals surface area contributed by atoms with Gasteiger partial charge in [0, 0.05) is 6.42 Å². The minimum Gasteiger partial charge on any atom is -0.207 e. The van der Waals surface area contributed by atoms with Crippen LogP contribution in [-0.4, -0.2) is 0 Å². The van der Waals surface area contributed by atoms with Crippen LogP contribution in [0.5, 0.6) is 0 Å². The van der Waals surface area contributed by atoms with Crippen LogP contribution in [0.15, 0.2) is 48.5 Å². The Morgan fingerprint density at radius 3 is 2.47 bits per heavy atom. The maximum absolute atomic E-state index is 13.6. The second-order valence-electron chi connectivity index (χ2n) is 3.92. The zero-order chi connectivity index (χ0) is 12.1. The Bertz CT molecular complexity index is 541. The number of rotatable bonds is 3. The highest BCUT2D eigenvalue weighted by atomic mass is 19.1. The van der Waals surface area contributed by atoms with Crippen LogP contribution in [0.1, 0.15) is 16.7 Å². The monoisotopic (exact) mass is 225 g/mol. The molecule has 2 rings (SSSR count). The Balaban J connectivity index is 2.26. The summed E-state index contributed by atoms with van der Waals surface area (Å²) < 4.78 is 13.6. The first-order chi connectivity index (χ1) is 8.29. The molecule has 0 heterocycles. The van der Waals surface area contributed by atoms with E-state index >= 15 is 0 Å². The van der Waals surface area contributed by atoms with Gasteiger partial charge in [-0.2, -0.15) is 5.26 Å². The van der Waals surface area contributed by atoms with Gasteiger partial charge in [0.1, 0.15) is 5.82 Å². The summed E-state index contributed by atoms with van der Waals surface area (Å²) in [6, 6.07) is 16.7. The van der Waals surface area contributed by atoms with Crippen LogP contribution in [0.3, 0.4) is 0 Å². The second kappa shape index (κ2) is 5.27. The maximum atomic E-state index is 13.6. The first-order valence-corrected chi connectivity index (χ1v) is 5.48. The van der Waals surface area contributed by atoms with Crippen molar-refractivity contribution in [2.75, 3.05) is 0 Å². The average molecular weight is 225 g/mol. The van der Waals surface area contributed by atoms with Crippen molar-refractivity contribution in [2.45, 2.75) is 12.8 Å². The van der Waals surface area contributed by atoms with E-state index in [2.05, 4.69) is 6.07 Å². The molecule has 0 aliphatic heterocycles. The van der Waals surface area contributed by atoms with Crippen molar-refractivity contribution in [3.8, 4) is 6.07 Å². The van der Waals surface area contributed by atoms with Gasteiger partial charge >= 0.3 is 0 Å². The van der Waals surface area contributed by atoms with Crippen LogP contribution in [0.4, 0.5) is 4.39 Å². The molecule has 0 aliphatic carbocycles. The molecule has 0 spiro atoms. The molecule has 2 heteroatoms. The molecule has 0 atom stereocenters. The number of benzene rings is 2. The van der Waals surface area contributed by atoms with Crippen molar-refractivity contribution in [1.29, 1.82) is 5.26 Å². The Morgan fingerprint density at radius 2 is 1.76 bits per heavy atom. The maximum Gasteiger partial charge on any atom is 0.126 e. The van der Waals surface area contributed by atoms with Gasteiger partial charge < -0.3 is 0 Å². The van der Waals surface area contributed by atoms with Crippen molar-refractivity contribution in [1.82, 2.24) is 0 Å². The molecule has 2 aromatic carbocycles. The molecular weight excluding hydrogens is 213 g/mol. The molecule has 84 valence electrons. The second-order valence-corrected chi connectivity index (χ2v) is 3.92. The zero-order valence-corrected chi connectivity index (χ0v) is 9.36. The van der Waals surface area contributed by atoms with Crippen molar-refractivity contribution >= 4 is 0 Å². The number of halogens is 1. The first kappa shape index (κ1) is 11.3. The van der Waals surface area contributed by atoms with E-state index in [1.807, 2.05) is 30.3 Å².